The van der Waals surface area contributed by atoms with Crippen molar-refractivity contribution in [3.63, 3.8) is 0 Å². The Labute approximate surface area is 112 Å². The fourth-order valence-corrected chi connectivity index (χ4v) is 2.21. The molecule has 0 aromatic rings. The van der Waals surface area contributed by atoms with Crippen molar-refractivity contribution in [3.05, 3.63) is 12.4 Å². The molecule has 0 aromatic heterocycles. The molecule has 19 heavy (non-hydrogen) atoms. The van der Waals surface area contributed by atoms with Crippen LogP contribution in [-0.4, -0.2) is 32.4 Å². The van der Waals surface area contributed by atoms with Gasteiger partial charge in [-0.2, -0.15) is 4.39 Å². The molecule has 0 aliphatic heterocycles. The largest absolute Gasteiger partial charge is 0.474 e. The van der Waals surface area contributed by atoms with Crippen molar-refractivity contribution < 1.29 is 32.1 Å². The SMILES string of the molecule is C=C(F)C(=O)OCCOP(=O)(OCCC)OCCC. The van der Waals surface area contributed by atoms with Crippen LogP contribution in [0.3, 0.4) is 0 Å². The summed E-state index contributed by atoms with van der Waals surface area (Å²) in [6, 6.07) is 0. The quantitative estimate of drug-likeness (QED) is 0.253. The van der Waals surface area contributed by atoms with Crippen LogP contribution in [0.4, 0.5) is 4.39 Å². The molecule has 0 aliphatic rings. The number of ether oxygens (including phenoxy) is 1. The molecule has 112 valence electrons. The van der Waals surface area contributed by atoms with E-state index < -0.39 is 19.6 Å². The zero-order valence-corrected chi connectivity index (χ0v) is 12.1. The molecule has 0 heterocycles. The van der Waals surface area contributed by atoms with Crippen LogP contribution in [0.5, 0.6) is 0 Å². The van der Waals surface area contributed by atoms with Crippen molar-refractivity contribution >= 4 is 13.8 Å². The summed E-state index contributed by atoms with van der Waals surface area (Å²) in [5.41, 5.74) is 0. The number of phosphoric ester groups is 1. The first-order valence-corrected chi connectivity index (χ1v) is 7.46. The van der Waals surface area contributed by atoms with Crippen LogP contribution in [0.15, 0.2) is 12.4 Å². The maximum absolute atomic E-state index is 12.3. The Morgan fingerprint density at radius 1 is 1.05 bits per heavy atom. The van der Waals surface area contributed by atoms with Gasteiger partial charge in [0.15, 0.2) is 0 Å². The number of hydrogen-bond donors (Lipinski definition) is 0. The maximum Gasteiger partial charge on any atom is 0.474 e. The third-order valence-corrected chi connectivity index (χ3v) is 3.19. The number of rotatable bonds is 11. The van der Waals surface area contributed by atoms with Crippen LogP contribution in [-0.2, 0) is 27.7 Å². The Balaban J connectivity index is 4.08. The molecule has 0 bridgehead atoms. The zero-order valence-electron chi connectivity index (χ0n) is 11.2. The maximum atomic E-state index is 12.3. The first-order valence-electron chi connectivity index (χ1n) is 6.00. The average molecular weight is 298 g/mol. The van der Waals surface area contributed by atoms with E-state index in [-0.39, 0.29) is 26.4 Å². The highest BCUT2D eigenvalue weighted by atomic mass is 31.2. The number of carbonyl (C=O) groups excluding carboxylic acids is 1. The zero-order chi connectivity index (χ0) is 14.7. The van der Waals surface area contributed by atoms with Crippen LogP contribution in [0.2, 0.25) is 0 Å². The van der Waals surface area contributed by atoms with E-state index in [0.717, 1.165) is 0 Å². The first kappa shape index (κ1) is 18.2. The number of halogens is 1. The molecule has 8 heteroatoms. The molecule has 0 fully saturated rings. The monoisotopic (exact) mass is 298 g/mol. The summed E-state index contributed by atoms with van der Waals surface area (Å²) in [7, 11) is -3.64. The number of phosphoric acid groups is 1. The van der Waals surface area contributed by atoms with Gasteiger partial charge in [0.25, 0.3) is 0 Å². The van der Waals surface area contributed by atoms with E-state index in [9.17, 15) is 13.8 Å². The third-order valence-electron chi connectivity index (χ3n) is 1.69. The molecule has 0 saturated carbocycles. The summed E-state index contributed by atoms with van der Waals surface area (Å²) in [5, 5.41) is 0. The first-order chi connectivity index (χ1) is 8.95. The number of carbonyl (C=O) groups is 1. The second-order valence-corrected chi connectivity index (χ2v) is 5.16. The van der Waals surface area contributed by atoms with Crippen LogP contribution < -0.4 is 0 Å². The lowest BCUT2D eigenvalue weighted by atomic mass is 10.5. The number of hydrogen-bond acceptors (Lipinski definition) is 6. The van der Waals surface area contributed by atoms with Gasteiger partial charge in [0, 0.05) is 0 Å². The van der Waals surface area contributed by atoms with Gasteiger partial charge in [-0.25, -0.2) is 9.36 Å². The lowest BCUT2D eigenvalue weighted by Gasteiger charge is -2.17. The van der Waals surface area contributed by atoms with Crippen LogP contribution in [0, 0.1) is 0 Å². The average Bonchev–Trinajstić information content (AvgIpc) is 2.39. The van der Waals surface area contributed by atoms with Gasteiger partial charge in [0.2, 0.25) is 5.83 Å². The van der Waals surface area contributed by atoms with Gasteiger partial charge < -0.3 is 4.74 Å². The van der Waals surface area contributed by atoms with Crippen molar-refractivity contribution in [1.82, 2.24) is 0 Å². The Morgan fingerprint density at radius 2 is 1.53 bits per heavy atom. The molecule has 0 radical (unpaired) electrons. The Hall–Kier alpha value is -0.750. The third kappa shape index (κ3) is 8.88. The molecule has 0 amide bonds. The molecule has 0 saturated heterocycles. The van der Waals surface area contributed by atoms with E-state index >= 15 is 0 Å². The van der Waals surface area contributed by atoms with Crippen LogP contribution in [0.1, 0.15) is 26.7 Å². The van der Waals surface area contributed by atoms with Crippen molar-refractivity contribution in [1.29, 1.82) is 0 Å². The minimum absolute atomic E-state index is 0.219. The smallest absolute Gasteiger partial charge is 0.458 e. The molecule has 6 nitrogen and oxygen atoms in total. The topological polar surface area (TPSA) is 71.1 Å². The van der Waals surface area contributed by atoms with E-state index in [2.05, 4.69) is 11.3 Å². The van der Waals surface area contributed by atoms with Gasteiger partial charge in [0.05, 0.1) is 19.8 Å². The normalized spacial score (nSPS) is 11.3. The Kier molecular flexibility index (Phi) is 9.69. The predicted molar refractivity (Wildman–Crippen MR) is 67.3 cm³/mol. The molecule has 0 N–H and O–H groups in total. The van der Waals surface area contributed by atoms with Gasteiger partial charge in [-0.3, -0.25) is 13.6 Å². The van der Waals surface area contributed by atoms with E-state index in [1.807, 2.05) is 13.8 Å². The van der Waals surface area contributed by atoms with Crippen LogP contribution in [0.25, 0.3) is 0 Å². The molecule has 0 aromatic carbocycles. The summed E-state index contributed by atoms with van der Waals surface area (Å²) >= 11 is 0. The summed E-state index contributed by atoms with van der Waals surface area (Å²) in [4.78, 5) is 10.7. The Morgan fingerprint density at radius 3 is 1.95 bits per heavy atom. The molecule has 0 unspecified atom stereocenters. The fourth-order valence-electron chi connectivity index (χ4n) is 0.880. The van der Waals surface area contributed by atoms with Gasteiger partial charge in [0.1, 0.15) is 6.61 Å². The van der Waals surface area contributed by atoms with Crippen molar-refractivity contribution in [2.24, 2.45) is 0 Å². The highest BCUT2D eigenvalue weighted by molar-refractivity contribution is 7.48. The molecule has 0 spiro atoms. The Bertz CT molecular complexity index is 321. The summed E-state index contributed by atoms with van der Waals surface area (Å²) in [6.45, 7) is 6.43. The van der Waals surface area contributed by atoms with E-state index in [0.29, 0.717) is 12.8 Å². The molecular formula is C11H20FO6P. The van der Waals surface area contributed by atoms with E-state index in [1.54, 1.807) is 0 Å². The summed E-state index contributed by atoms with van der Waals surface area (Å²) < 4.78 is 43.7. The van der Waals surface area contributed by atoms with Crippen molar-refractivity contribution in [2.45, 2.75) is 26.7 Å². The van der Waals surface area contributed by atoms with Crippen molar-refractivity contribution in [3.8, 4) is 0 Å². The van der Waals surface area contributed by atoms with E-state index in [4.69, 9.17) is 13.6 Å². The van der Waals surface area contributed by atoms with Gasteiger partial charge >= 0.3 is 13.8 Å². The summed E-state index contributed by atoms with van der Waals surface area (Å²) in [6.07, 6.45) is 1.30. The van der Waals surface area contributed by atoms with Gasteiger partial charge in [-0.1, -0.05) is 20.4 Å². The second kappa shape index (κ2) is 10.1. The van der Waals surface area contributed by atoms with E-state index in [1.165, 1.54) is 0 Å². The second-order valence-electron chi connectivity index (χ2n) is 3.49. The highest BCUT2D eigenvalue weighted by Crippen LogP contribution is 2.49. The van der Waals surface area contributed by atoms with Crippen molar-refractivity contribution in [2.75, 3.05) is 26.4 Å². The fraction of sp³-hybridized carbons (Fsp3) is 0.727. The molecule has 0 atom stereocenters. The summed E-state index contributed by atoms with van der Waals surface area (Å²) in [5.74, 6) is -2.38. The molecule has 0 rings (SSSR count). The lowest BCUT2D eigenvalue weighted by molar-refractivity contribution is -0.141. The van der Waals surface area contributed by atoms with Gasteiger partial charge in [-0.05, 0) is 12.8 Å². The minimum Gasteiger partial charge on any atom is -0.458 e. The molecular weight excluding hydrogens is 278 g/mol. The van der Waals surface area contributed by atoms with Crippen LogP contribution >= 0.6 is 7.82 Å². The standard InChI is InChI=1S/C11H20FO6P/c1-4-6-16-19(14,17-7-5-2)18-9-8-15-11(13)10(3)12/h3-9H2,1-2H3. The number of esters is 1. The molecule has 0 aliphatic carbocycles. The van der Waals surface area contributed by atoms with Gasteiger partial charge in [-0.15, -0.1) is 0 Å². The lowest BCUT2D eigenvalue weighted by Crippen LogP contribution is -2.11. The predicted octanol–water partition coefficient (Wildman–Crippen LogP) is 2.99. The highest BCUT2D eigenvalue weighted by Gasteiger charge is 2.26. The minimum atomic E-state index is -3.64.